The van der Waals surface area contributed by atoms with Crippen molar-refractivity contribution < 1.29 is 23.5 Å². The van der Waals surface area contributed by atoms with Crippen molar-refractivity contribution in [1.29, 1.82) is 0 Å². The molecule has 0 aromatic heterocycles. The Morgan fingerprint density at radius 2 is 1.58 bits per heavy atom. The molecule has 0 spiro atoms. The number of anilines is 2. The molecule has 1 heterocycles. The number of benzene rings is 2. The zero-order valence-corrected chi connectivity index (χ0v) is 14.2. The van der Waals surface area contributed by atoms with Crippen molar-refractivity contribution in [1.82, 2.24) is 0 Å². The number of rotatable bonds is 4. The van der Waals surface area contributed by atoms with Crippen LogP contribution in [-0.4, -0.2) is 18.6 Å². The van der Waals surface area contributed by atoms with Crippen LogP contribution in [0.4, 0.5) is 15.8 Å². The molecule has 0 bridgehead atoms. The molecule has 6 nitrogen and oxygen atoms in total. The average Bonchev–Trinajstić information content (AvgIpc) is 3.31. The number of carbonyl (C=O) groups excluding carboxylic acids is 2. The predicted octanol–water partition coefficient (Wildman–Crippen LogP) is 3.57. The van der Waals surface area contributed by atoms with Gasteiger partial charge in [0.1, 0.15) is 11.2 Å². The Hall–Kier alpha value is -2.80. The highest BCUT2D eigenvalue weighted by atomic mass is 35.5. The normalized spacial score (nSPS) is 16.1. The summed E-state index contributed by atoms with van der Waals surface area (Å²) < 4.78 is 23.7. The number of carbonyl (C=O) groups is 2. The Kier molecular flexibility index (Phi) is 3.96. The van der Waals surface area contributed by atoms with E-state index in [1.54, 1.807) is 18.2 Å². The molecule has 1 fully saturated rings. The van der Waals surface area contributed by atoms with Gasteiger partial charge in [0.05, 0.1) is 5.02 Å². The van der Waals surface area contributed by atoms with E-state index in [9.17, 15) is 14.0 Å². The molecule has 1 aliphatic heterocycles. The maximum Gasteiger partial charge on any atom is 0.240 e. The minimum atomic E-state index is -1.14. The largest absolute Gasteiger partial charge is 0.454 e. The minimum Gasteiger partial charge on any atom is -0.454 e. The van der Waals surface area contributed by atoms with Gasteiger partial charge < -0.3 is 20.1 Å². The van der Waals surface area contributed by atoms with Gasteiger partial charge in [0, 0.05) is 17.4 Å². The van der Waals surface area contributed by atoms with Gasteiger partial charge in [0.15, 0.2) is 11.5 Å². The SMILES string of the molecule is O=C(Nc1ccc(F)c(Cl)c1)C1(C(=O)Nc2ccc3c(c2)OCO3)CC1. The van der Waals surface area contributed by atoms with Crippen LogP contribution in [0.15, 0.2) is 36.4 Å². The van der Waals surface area contributed by atoms with E-state index in [2.05, 4.69) is 10.6 Å². The number of amides is 2. The predicted molar refractivity (Wildman–Crippen MR) is 92.9 cm³/mol. The lowest BCUT2D eigenvalue weighted by Gasteiger charge is -2.16. The molecule has 4 rings (SSSR count). The Bertz CT molecular complexity index is 914. The third kappa shape index (κ3) is 2.94. The Labute approximate surface area is 153 Å². The third-order valence-corrected chi connectivity index (χ3v) is 4.72. The van der Waals surface area contributed by atoms with Gasteiger partial charge in [-0.3, -0.25) is 9.59 Å². The fraction of sp³-hybridized carbons (Fsp3) is 0.222. The molecule has 0 saturated heterocycles. The van der Waals surface area contributed by atoms with Crippen LogP contribution in [0.3, 0.4) is 0 Å². The van der Waals surface area contributed by atoms with E-state index in [0.29, 0.717) is 35.7 Å². The van der Waals surface area contributed by atoms with E-state index < -0.39 is 23.0 Å². The van der Waals surface area contributed by atoms with Crippen molar-refractivity contribution >= 4 is 34.8 Å². The first-order chi connectivity index (χ1) is 12.5. The Morgan fingerprint density at radius 3 is 2.23 bits per heavy atom. The quantitative estimate of drug-likeness (QED) is 0.800. The summed E-state index contributed by atoms with van der Waals surface area (Å²) in [6.45, 7) is 0.138. The topological polar surface area (TPSA) is 76.7 Å². The van der Waals surface area contributed by atoms with E-state index in [0.717, 1.165) is 6.07 Å². The average molecular weight is 377 g/mol. The van der Waals surface area contributed by atoms with Crippen LogP contribution in [0.5, 0.6) is 11.5 Å². The second-order valence-corrected chi connectivity index (χ2v) is 6.59. The summed E-state index contributed by atoms with van der Waals surface area (Å²) in [6, 6.07) is 8.88. The smallest absolute Gasteiger partial charge is 0.240 e. The van der Waals surface area contributed by atoms with Gasteiger partial charge in [-0.1, -0.05) is 11.6 Å². The summed E-state index contributed by atoms with van der Waals surface area (Å²) in [7, 11) is 0. The van der Waals surface area contributed by atoms with Crippen molar-refractivity contribution in [2.75, 3.05) is 17.4 Å². The van der Waals surface area contributed by atoms with Crippen molar-refractivity contribution in [3.05, 3.63) is 47.2 Å². The van der Waals surface area contributed by atoms with Crippen LogP contribution >= 0.6 is 11.6 Å². The molecule has 2 aliphatic rings. The number of nitrogens with one attached hydrogen (secondary N) is 2. The molecule has 1 saturated carbocycles. The molecule has 2 amide bonds. The van der Waals surface area contributed by atoms with E-state index in [1.807, 2.05) is 0 Å². The van der Waals surface area contributed by atoms with Crippen LogP contribution in [0.25, 0.3) is 0 Å². The first-order valence-electron chi connectivity index (χ1n) is 7.95. The molecule has 8 heteroatoms. The number of ether oxygens (including phenoxy) is 2. The van der Waals surface area contributed by atoms with Crippen LogP contribution in [0.1, 0.15) is 12.8 Å². The zero-order valence-electron chi connectivity index (χ0n) is 13.5. The molecule has 0 radical (unpaired) electrons. The van der Waals surface area contributed by atoms with Crippen LogP contribution < -0.4 is 20.1 Å². The van der Waals surface area contributed by atoms with E-state index in [-0.39, 0.29) is 11.8 Å². The first kappa shape index (κ1) is 16.7. The van der Waals surface area contributed by atoms with Gasteiger partial charge >= 0.3 is 0 Å². The van der Waals surface area contributed by atoms with Crippen molar-refractivity contribution in [2.45, 2.75) is 12.8 Å². The van der Waals surface area contributed by atoms with Crippen molar-refractivity contribution in [2.24, 2.45) is 5.41 Å². The van der Waals surface area contributed by atoms with Gasteiger partial charge in [-0.15, -0.1) is 0 Å². The summed E-state index contributed by atoms with van der Waals surface area (Å²) in [6.07, 6.45) is 0.869. The maximum absolute atomic E-state index is 13.2. The summed E-state index contributed by atoms with van der Waals surface area (Å²) >= 11 is 5.72. The minimum absolute atomic E-state index is 0.0996. The highest BCUT2D eigenvalue weighted by Gasteiger charge is 2.56. The maximum atomic E-state index is 13.2. The molecular weight excluding hydrogens is 363 g/mol. The van der Waals surface area contributed by atoms with Crippen LogP contribution in [0, 0.1) is 11.2 Å². The van der Waals surface area contributed by atoms with Gasteiger partial charge in [-0.25, -0.2) is 4.39 Å². The second-order valence-electron chi connectivity index (χ2n) is 6.19. The molecule has 0 atom stereocenters. The van der Waals surface area contributed by atoms with E-state index in [1.165, 1.54) is 12.1 Å². The van der Waals surface area contributed by atoms with Gasteiger partial charge in [0.2, 0.25) is 18.6 Å². The van der Waals surface area contributed by atoms with Gasteiger partial charge in [0.25, 0.3) is 0 Å². The summed E-state index contributed by atoms with van der Waals surface area (Å²) in [5.74, 6) is -0.278. The molecule has 0 unspecified atom stereocenters. The van der Waals surface area contributed by atoms with Crippen molar-refractivity contribution in [3.63, 3.8) is 0 Å². The van der Waals surface area contributed by atoms with Gasteiger partial charge in [-0.05, 0) is 43.2 Å². The fourth-order valence-corrected chi connectivity index (χ4v) is 2.91. The lowest BCUT2D eigenvalue weighted by Crippen LogP contribution is -2.35. The number of halogens is 2. The Balaban J connectivity index is 1.46. The number of hydrogen-bond donors (Lipinski definition) is 2. The summed E-state index contributed by atoms with van der Waals surface area (Å²) in [5, 5.41) is 5.27. The highest BCUT2D eigenvalue weighted by Crippen LogP contribution is 2.48. The summed E-state index contributed by atoms with van der Waals surface area (Å²) in [5.41, 5.74) is -0.288. The zero-order chi connectivity index (χ0) is 18.3. The molecule has 2 N–H and O–H groups in total. The fourth-order valence-electron chi connectivity index (χ4n) is 2.73. The molecule has 1 aliphatic carbocycles. The van der Waals surface area contributed by atoms with E-state index in [4.69, 9.17) is 21.1 Å². The number of fused-ring (bicyclic) bond motifs is 1. The first-order valence-corrected chi connectivity index (χ1v) is 8.33. The van der Waals surface area contributed by atoms with Gasteiger partial charge in [-0.2, -0.15) is 0 Å². The summed E-state index contributed by atoms with van der Waals surface area (Å²) in [4.78, 5) is 25.2. The lowest BCUT2D eigenvalue weighted by molar-refractivity contribution is -0.131. The lowest BCUT2D eigenvalue weighted by atomic mass is 10.0. The molecule has 134 valence electrons. The monoisotopic (exact) mass is 376 g/mol. The third-order valence-electron chi connectivity index (χ3n) is 4.43. The molecule has 26 heavy (non-hydrogen) atoms. The molecule has 2 aromatic carbocycles. The Morgan fingerprint density at radius 1 is 0.962 bits per heavy atom. The highest BCUT2D eigenvalue weighted by molar-refractivity contribution is 6.31. The second kappa shape index (κ2) is 6.17. The molecule has 2 aromatic rings. The van der Waals surface area contributed by atoms with Crippen molar-refractivity contribution in [3.8, 4) is 11.5 Å². The molecular formula is C18H14ClFN2O4. The van der Waals surface area contributed by atoms with Crippen LogP contribution in [-0.2, 0) is 9.59 Å². The van der Waals surface area contributed by atoms with Crippen LogP contribution in [0.2, 0.25) is 5.02 Å². The van der Waals surface area contributed by atoms with E-state index >= 15 is 0 Å². The standard InChI is InChI=1S/C18H14ClFN2O4/c19-12-7-10(1-3-13(12)20)21-16(23)18(5-6-18)17(24)22-11-2-4-14-15(8-11)26-9-25-14/h1-4,7-8H,5-6,9H2,(H,21,23)(H,22,24). The number of hydrogen-bond acceptors (Lipinski definition) is 4.